The van der Waals surface area contributed by atoms with Crippen LogP contribution in [0.2, 0.25) is 0 Å². The third-order valence-corrected chi connectivity index (χ3v) is 23.2. The number of hydrogen-bond donors (Lipinski definition) is 15. The number of fused-ring (bicyclic) bond motifs is 7. The minimum atomic E-state index is -1.92. The molecule has 5 saturated heterocycles. The highest BCUT2D eigenvalue weighted by Crippen LogP contribution is 2.76. The molecular formula is C58H94O26. The number of carbonyl (C=O) groups excluding carboxylic acids is 1. The highest BCUT2D eigenvalue weighted by atomic mass is 16.8. The van der Waals surface area contributed by atoms with E-state index in [1.165, 1.54) is 13.8 Å². The van der Waals surface area contributed by atoms with Gasteiger partial charge in [0.2, 0.25) is 6.29 Å². The fraction of sp³-hybridized carbons (Fsp3) is 0.948. The molecule has 15 N–H and O–H groups in total. The molecule has 4 saturated carbocycles. The normalized spacial score (nSPS) is 56.9. The Labute approximate surface area is 488 Å². The molecule has 9 fully saturated rings. The van der Waals surface area contributed by atoms with Crippen molar-refractivity contribution in [3.63, 3.8) is 0 Å². The number of rotatable bonds is 12. The van der Waals surface area contributed by atoms with Gasteiger partial charge in [0.05, 0.1) is 55.8 Å². The summed E-state index contributed by atoms with van der Waals surface area (Å²) >= 11 is 0. The maximum atomic E-state index is 15.3. The number of allylic oxidation sites excluding steroid dienone is 2. The van der Waals surface area contributed by atoms with Crippen LogP contribution in [0, 0.1) is 50.7 Å². The second kappa shape index (κ2) is 23.8. The molecule has 26 nitrogen and oxygen atoms in total. The van der Waals surface area contributed by atoms with Gasteiger partial charge in [0, 0.05) is 11.3 Å². The summed E-state index contributed by atoms with van der Waals surface area (Å²) in [4.78, 5) is 15.3. The molecule has 0 unspecified atom stereocenters. The standard InChI is InChI=1S/C58H94O26/c1-23-33-26-9-10-31-53(4)13-12-32(81-49-43(71)45(28(61)20-76-49)82-47-40(68)36(64)27(60)19-75-47)54(5,22-59)30(53)11-14-56(31,7)55(26,6)15-17-58(33,18-16-57(23,8)74)52(73)84-51-42(70)39(67)37(65)29(80-51)21-77-48-44(72)46(35(63)25(3)78-48)83-50-41(69)38(66)34(62)24(2)79-50/h9,23-25,27-51,59-72,74H,10-22H2,1-8H3/t23-,24+,25+,27-,28+,29-,30-,31-,32+,33+,34+,35+,36+,37-,38-,39+,40-,41-,42-,43-,44-,45+,46-,47+,48-,49+,50+,51+,53+,54+,55-,56-,57+,58-/m1/s1. The van der Waals surface area contributed by atoms with Crippen LogP contribution in [0.3, 0.4) is 0 Å². The van der Waals surface area contributed by atoms with Crippen molar-refractivity contribution in [2.24, 2.45) is 50.7 Å². The lowest BCUT2D eigenvalue weighted by Gasteiger charge is -2.72. The number of ether oxygens (including phenoxy) is 10. The SMILES string of the molecule is C[C@@H]1O[C@@H](O[C@@H]2[C@@H](O)[C@H](C)O[C@@H](OC[C@H]3O[C@@H](OC(=O)[C@]45CC[C@](C)(O)[C@H](C)[C@H]4C4=CC[C@@H]6[C@@]7(C)CC[C@H](O[C@@H]8OC[C@H](O)[C@H](O[C@@H]9OC[C@@H](O)[C@H](O)[C@H]9O)[C@H]8O)[C@@](C)(CO)[C@@H]7CC[C@@]6(C)[C@]4(C)CC5)[C@H](O)[C@@H](O)[C@@H]3O)[C@@H]2O)[C@H](O)[C@H](O)[C@H]1O. The van der Waals surface area contributed by atoms with Crippen molar-refractivity contribution < 1.29 is 129 Å². The van der Waals surface area contributed by atoms with Crippen molar-refractivity contribution in [3.8, 4) is 0 Å². The summed E-state index contributed by atoms with van der Waals surface area (Å²) < 4.78 is 58.9. The van der Waals surface area contributed by atoms with Crippen molar-refractivity contribution >= 4 is 5.97 Å². The molecule has 26 heteroatoms. The van der Waals surface area contributed by atoms with Crippen molar-refractivity contribution in [1.82, 2.24) is 0 Å². The highest BCUT2D eigenvalue weighted by molar-refractivity contribution is 5.79. The van der Waals surface area contributed by atoms with E-state index in [4.69, 9.17) is 47.4 Å². The number of hydrogen-bond acceptors (Lipinski definition) is 26. The summed E-state index contributed by atoms with van der Waals surface area (Å²) in [6, 6.07) is 0. The maximum Gasteiger partial charge on any atom is 0.315 e. The van der Waals surface area contributed by atoms with Crippen molar-refractivity contribution in [2.45, 2.75) is 266 Å². The second-order valence-corrected chi connectivity index (χ2v) is 27.7. The van der Waals surface area contributed by atoms with E-state index in [-0.39, 0.29) is 55.3 Å². The first-order chi connectivity index (χ1) is 39.3. The Bertz CT molecular complexity index is 2350. The number of aliphatic hydroxyl groups excluding tert-OH is 14. The molecule has 5 aliphatic carbocycles. The first kappa shape index (κ1) is 65.2. The molecule has 84 heavy (non-hydrogen) atoms. The van der Waals surface area contributed by atoms with E-state index in [2.05, 4.69) is 26.8 Å². The maximum absolute atomic E-state index is 15.3. The van der Waals surface area contributed by atoms with Gasteiger partial charge in [-0.25, -0.2) is 0 Å². The molecule has 0 aromatic heterocycles. The van der Waals surface area contributed by atoms with Crippen molar-refractivity contribution in [1.29, 1.82) is 0 Å². The van der Waals surface area contributed by atoms with Crippen LogP contribution in [0.1, 0.15) is 113 Å². The lowest BCUT2D eigenvalue weighted by Crippen LogP contribution is -2.68. The Morgan fingerprint density at radius 1 is 0.571 bits per heavy atom. The molecule has 0 amide bonds. The number of carbonyl (C=O) groups is 1. The molecular weight excluding hydrogens is 1110 g/mol. The van der Waals surface area contributed by atoms with Crippen LogP contribution in [0.15, 0.2) is 11.6 Å². The fourth-order valence-corrected chi connectivity index (χ4v) is 17.4. The number of aliphatic hydroxyl groups is 15. The summed E-state index contributed by atoms with van der Waals surface area (Å²) in [6.45, 7) is 14.0. The van der Waals surface area contributed by atoms with E-state index in [1.807, 2.05) is 13.8 Å². The zero-order valence-electron chi connectivity index (χ0n) is 49.1. The molecule has 482 valence electrons. The third-order valence-electron chi connectivity index (χ3n) is 23.2. The molecule has 5 heterocycles. The van der Waals surface area contributed by atoms with Crippen LogP contribution in [-0.2, 0) is 52.2 Å². The van der Waals surface area contributed by atoms with E-state index in [0.717, 1.165) is 12.0 Å². The first-order valence-electron chi connectivity index (χ1n) is 30.2. The zero-order valence-corrected chi connectivity index (χ0v) is 49.1. The van der Waals surface area contributed by atoms with Crippen LogP contribution < -0.4 is 0 Å². The largest absolute Gasteiger partial charge is 0.432 e. The monoisotopic (exact) mass is 1210 g/mol. The average Bonchev–Trinajstić information content (AvgIpc) is 0.682. The van der Waals surface area contributed by atoms with Gasteiger partial charge in [-0.3, -0.25) is 4.79 Å². The molecule has 5 aliphatic heterocycles. The van der Waals surface area contributed by atoms with Gasteiger partial charge >= 0.3 is 5.97 Å². The minimum Gasteiger partial charge on any atom is -0.432 e. The van der Waals surface area contributed by atoms with Gasteiger partial charge in [0.25, 0.3) is 0 Å². The van der Waals surface area contributed by atoms with Crippen molar-refractivity contribution in [2.75, 3.05) is 26.4 Å². The summed E-state index contributed by atoms with van der Waals surface area (Å²) in [5.41, 5.74) is -3.49. The van der Waals surface area contributed by atoms with E-state index in [0.29, 0.717) is 38.5 Å². The van der Waals surface area contributed by atoms with Crippen molar-refractivity contribution in [3.05, 3.63) is 11.6 Å². The summed E-state index contributed by atoms with van der Waals surface area (Å²) in [7, 11) is 0. The summed E-state index contributed by atoms with van der Waals surface area (Å²) in [6.07, 6.45) is -29.4. The lowest BCUT2D eigenvalue weighted by molar-refractivity contribution is -0.359. The van der Waals surface area contributed by atoms with E-state index < -0.39 is 194 Å². The second-order valence-electron chi connectivity index (χ2n) is 27.7. The first-order valence-corrected chi connectivity index (χ1v) is 30.2. The van der Waals surface area contributed by atoms with Crippen LogP contribution >= 0.6 is 0 Å². The van der Waals surface area contributed by atoms with Gasteiger partial charge < -0.3 is 124 Å². The average molecular weight is 1210 g/mol. The molecule has 0 radical (unpaired) electrons. The molecule has 34 atom stereocenters. The smallest absolute Gasteiger partial charge is 0.315 e. The molecule has 0 aromatic carbocycles. The molecule has 0 spiro atoms. The van der Waals surface area contributed by atoms with E-state index in [9.17, 15) is 76.6 Å². The van der Waals surface area contributed by atoms with Gasteiger partial charge in [-0.2, -0.15) is 0 Å². The van der Waals surface area contributed by atoms with Gasteiger partial charge in [0.15, 0.2) is 25.2 Å². The Kier molecular flexibility index (Phi) is 18.5. The Balaban J connectivity index is 0.841. The van der Waals surface area contributed by atoms with E-state index in [1.54, 1.807) is 6.92 Å². The predicted molar refractivity (Wildman–Crippen MR) is 283 cm³/mol. The molecule has 10 rings (SSSR count). The number of esters is 1. The van der Waals surface area contributed by atoms with E-state index >= 15 is 4.79 Å². The van der Waals surface area contributed by atoms with Crippen LogP contribution in [-0.4, -0.2) is 262 Å². The third kappa shape index (κ3) is 10.6. The van der Waals surface area contributed by atoms with Gasteiger partial charge in [0.1, 0.15) is 97.7 Å². The van der Waals surface area contributed by atoms with Crippen LogP contribution in [0.4, 0.5) is 0 Å². The Morgan fingerprint density at radius 2 is 1.15 bits per heavy atom. The Morgan fingerprint density at radius 3 is 1.85 bits per heavy atom. The molecule has 0 aromatic rings. The lowest BCUT2D eigenvalue weighted by atomic mass is 9.33. The fourth-order valence-electron chi connectivity index (χ4n) is 17.4. The highest BCUT2D eigenvalue weighted by Gasteiger charge is 2.72. The summed E-state index contributed by atoms with van der Waals surface area (Å²) in [5.74, 6) is -1.75. The Hall–Kier alpha value is -1.75. The van der Waals surface area contributed by atoms with Crippen LogP contribution in [0.5, 0.6) is 0 Å². The van der Waals surface area contributed by atoms with Gasteiger partial charge in [-0.05, 0) is 113 Å². The quantitative estimate of drug-likeness (QED) is 0.0528. The van der Waals surface area contributed by atoms with Gasteiger partial charge in [-0.1, -0.05) is 46.3 Å². The minimum absolute atomic E-state index is 0.0692. The molecule has 0 bridgehead atoms. The van der Waals surface area contributed by atoms with Crippen LogP contribution in [0.25, 0.3) is 0 Å². The van der Waals surface area contributed by atoms with Gasteiger partial charge in [-0.15, -0.1) is 0 Å². The topological polar surface area (TPSA) is 413 Å². The predicted octanol–water partition coefficient (Wildman–Crippen LogP) is -2.93. The summed E-state index contributed by atoms with van der Waals surface area (Å²) in [5, 5.41) is 164. The molecule has 10 aliphatic rings. The zero-order chi connectivity index (χ0) is 61.3.